The van der Waals surface area contributed by atoms with Gasteiger partial charge in [0.1, 0.15) is 0 Å². The van der Waals surface area contributed by atoms with Crippen molar-refractivity contribution in [2.75, 3.05) is 5.73 Å². The van der Waals surface area contributed by atoms with Crippen LogP contribution in [0.2, 0.25) is 0 Å². The summed E-state index contributed by atoms with van der Waals surface area (Å²) in [6.45, 7) is 1.76. The number of aryl methyl sites for hydroxylation is 1. The van der Waals surface area contributed by atoms with Crippen LogP contribution in [0, 0.1) is 6.92 Å². The van der Waals surface area contributed by atoms with Crippen molar-refractivity contribution in [2.24, 2.45) is 5.73 Å². The Kier molecular flexibility index (Phi) is 3.14. The van der Waals surface area contributed by atoms with E-state index in [1.165, 1.54) is 6.07 Å². The highest BCUT2D eigenvalue weighted by Crippen LogP contribution is 2.26. The third-order valence-corrected chi connectivity index (χ3v) is 2.35. The predicted molar refractivity (Wildman–Crippen MR) is 68.4 cm³/mol. The monoisotopic (exact) mass is 243 g/mol. The first-order chi connectivity index (χ1) is 8.56. The lowest BCUT2D eigenvalue weighted by atomic mass is 10.2. The van der Waals surface area contributed by atoms with Crippen LogP contribution in [0.1, 0.15) is 16.1 Å². The van der Waals surface area contributed by atoms with Crippen LogP contribution >= 0.6 is 0 Å². The number of rotatable bonds is 3. The number of primary amides is 1. The van der Waals surface area contributed by atoms with Gasteiger partial charge in [-0.2, -0.15) is 0 Å². The van der Waals surface area contributed by atoms with Crippen molar-refractivity contribution in [1.82, 2.24) is 4.98 Å². The standard InChI is InChI=1S/C13H13N3O2/c1-8-6-9(13(15)17)7-12(16-8)18-11-5-3-2-4-10(11)14/h2-7H,14H2,1H3,(H2,15,17). The highest BCUT2D eigenvalue weighted by molar-refractivity contribution is 5.93. The number of nitrogens with two attached hydrogens (primary N) is 2. The fraction of sp³-hybridized carbons (Fsp3) is 0.0769. The number of para-hydroxylation sites is 2. The molecular formula is C13H13N3O2. The van der Waals surface area contributed by atoms with E-state index in [4.69, 9.17) is 16.2 Å². The second-order valence-electron chi connectivity index (χ2n) is 3.84. The molecule has 18 heavy (non-hydrogen) atoms. The number of hydrogen-bond acceptors (Lipinski definition) is 4. The van der Waals surface area contributed by atoms with Crippen LogP contribution in [-0.4, -0.2) is 10.9 Å². The first kappa shape index (κ1) is 11.9. The molecule has 0 unspecified atom stereocenters. The second-order valence-corrected chi connectivity index (χ2v) is 3.84. The van der Waals surface area contributed by atoms with Crippen molar-refractivity contribution in [1.29, 1.82) is 0 Å². The van der Waals surface area contributed by atoms with Crippen molar-refractivity contribution in [2.45, 2.75) is 6.92 Å². The third kappa shape index (κ3) is 2.57. The van der Waals surface area contributed by atoms with E-state index in [1.54, 1.807) is 37.3 Å². The molecule has 2 aromatic rings. The molecule has 0 bridgehead atoms. The fourth-order valence-electron chi connectivity index (χ4n) is 1.52. The summed E-state index contributed by atoms with van der Waals surface area (Å²) >= 11 is 0. The van der Waals surface area contributed by atoms with Crippen LogP contribution in [0.5, 0.6) is 11.6 Å². The molecule has 0 saturated carbocycles. The summed E-state index contributed by atoms with van der Waals surface area (Å²) in [5.41, 5.74) is 12.5. The molecular weight excluding hydrogens is 230 g/mol. The molecule has 5 nitrogen and oxygen atoms in total. The maximum Gasteiger partial charge on any atom is 0.248 e. The van der Waals surface area contributed by atoms with Gasteiger partial charge in [0.25, 0.3) is 0 Å². The van der Waals surface area contributed by atoms with Gasteiger partial charge in [0.2, 0.25) is 11.8 Å². The number of nitrogen functional groups attached to an aromatic ring is 1. The van der Waals surface area contributed by atoms with Gasteiger partial charge in [0.05, 0.1) is 5.69 Å². The van der Waals surface area contributed by atoms with Crippen molar-refractivity contribution >= 4 is 11.6 Å². The molecule has 0 radical (unpaired) electrons. The van der Waals surface area contributed by atoms with Gasteiger partial charge in [0, 0.05) is 17.3 Å². The lowest BCUT2D eigenvalue weighted by Crippen LogP contribution is -2.11. The molecule has 0 aliphatic carbocycles. The van der Waals surface area contributed by atoms with E-state index >= 15 is 0 Å². The summed E-state index contributed by atoms with van der Waals surface area (Å²) in [6.07, 6.45) is 0. The van der Waals surface area contributed by atoms with Crippen molar-refractivity contribution in [3.63, 3.8) is 0 Å². The Bertz CT molecular complexity index is 597. The normalized spacial score (nSPS) is 10.1. The highest BCUT2D eigenvalue weighted by Gasteiger charge is 2.08. The van der Waals surface area contributed by atoms with Crippen LogP contribution in [-0.2, 0) is 0 Å². The van der Waals surface area contributed by atoms with Gasteiger partial charge in [-0.25, -0.2) is 4.98 Å². The minimum absolute atomic E-state index is 0.293. The number of nitrogens with zero attached hydrogens (tertiary/aromatic N) is 1. The topological polar surface area (TPSA) is 91.2 Å². The van der Waals surface area contributed by atoms with Gasteiger partial charge >= 0.3 is 0 Å². The minimum Gasteiger partial charge on any atom is -0.437 e. The summed E-state index contributed by atoms with van der Waals surface area (Å²) in [5.74, 6) is 0.263. The molecule has 1 aromatic heterocycles. The van der Waals surface area contributed by atoms with Crippen LogP contribution < -0.4 is 16.2 Å². The Morgan fingerprint density at radius 2 is 2.00 bits per heavy atom. The van der Waals surface area contributed by atoms with Crippen LogP contribution in [0.3, 0.4) is 0 Å². The first-order valence-corrected chi connectivity index (χ1v) is 5.37. The largest absolute Gasteiger partial charge is 0.437 e. The van der Waals surface area contributed by atoms with Gasteiger partial charge in [-0.3, -0.25) is 4.79 Å². The number of benzene rings is 1. The van der Waals surface area contributed by atoms with Crippen molar-refractivity contribution in [3.05, 3.63) is 47.7 Å². The first-order valence-electron chi connectivity index (χ1n) is 5.37. The zero-order chi connectivity index (χ0) is 13.1. The number of ether oxygens (including phenoxy) is 1. The molecule has 1 amide bonds. The summed E-state index contributed by atoms with van der Waals surface area (Å²) in [7, 11) is 0. The zero-order valence-electron chi connectivity index (χ0n) is 9.88. The number of amides is 1. The molecule has 0 fully saturated rings. The summed E-state index contributed by atoms with van der Waals surface area (Å²) < 4.78 is 5.54. The average Bonchev–Trinajstić information content (AvgIpc) is 2.31. The van der Waals surface area contributed by atoms with Crippen molar-refractivity contribution < 1.29 is 9.53 Å². The Morgan fingerprint density at radius 3 is 2.67 bits per heavy atom. The summed E-state index contributed by atoms with van der Waals surface area (Å²) in [4.78, 5) is 15.3. The number of aromatic nitrogens is 1. The third-order valence-electron chi connectivity index (χ3n) is 2.35. The Labute approximate surface area is 104 Å². The Hall–Kier alpha value is -2.56. The quantitative estimate of drug-likeness (QED) is 0.805. The molecule has 0 spiro atoms. The molecule has 1 aromatic carbocycles. The van der Waals surface area contributed by atoms with E-state index in [2.05, 4.69) is 4.98 Å². The zero-order valence-corrected chi connectivity index (χ0v) is 9.88. The molecule has 4 N–H and O–H groups in total. The van der Waals surface area contributed by atoms with E-state index in [0.29, 0.717) is 28.6 Å². The smallest absolute Gasteiger partial charge is 0.248 e. The maximum absolute atomic E-state index is 11.1. The van der Waals surface area contributed by atoms with Gasteiger partial charge in [-0.15, -0.1) is 0 Å². The van der Waals surface area contributed by atoms with Gasteiger partial charge in [0.15, 0.2) is 5.75 Å². The number of hydrogen-bond donors (Lipinski definition) is 2. The fourth-order valence-corrected chi connectivity index (χ4v) is 1.52. The van der Waals surface area contributed by atoms with Crippen LogP contribution in [0.25, 0.3) is 0 Å². The maximum atomic E-state index is 11.1. The number of anilines is 1. The Morgan fingerprint density at radius 1 is 1.28 bits per heavy atom. The molecule has 1 heterocycles. The van der Waals surface area contributed by atoms with E-state index < -0.39 is 5.91 Å². The molecule has 0 saturated heterocycles. The molecule has 5 heteroatoms. The second kappa shape index (κ2) is 4.75. The lowest BCUT2D eigenvalue weighted by molar-refractivity contribution is 0.0999. The molecule has 2 rings (SSSR count). The summed E-state index contributed by atoms with van der Waals surface area (Å²) in [6, 6.07) is 10.1. The summed E-state index contributed by atoms with van der Waals surface area (Å²) in [5, 5.41) is 0. The lowest BCUT2D eigenvalue weighted by Gasteiger charge is -2.08. The number of carbonyl (C=O) groups is 1. The van der Waals surface area contributed by atoms with Crippen LogP contribution in [0.15, 0.2) is 36.4 Å². The highest BCUT2D eigenvalue weighted by atomic mass is 16.5. The predicted octanol–water partition coefficient (Wildman–Crippen LogP) is 1.86. The molecule has 92 valence electrons. The average molecular weight is 243 g/mol. The van der Waals surface area contributed by atoms with Gasteiger partial charge in [-0.05, 0) is 25.1 Å². The van der Waals surface area contributed by atoms with E-state index in [1.807, 2.05) is 0 Å². The number of pyridine rings is 1. The molecule has 0 atom stereocenters. The Balaban J connectivity index is 2.35. The SMILES string of the molecule is Cc1cc(C(N)=O)cc(Oc2ccccc2N)n1. The molecule has 0 aliphatic rings. The van der Waals surface area contributed by atoms with Crippen molar-refractivity contribution in [3.8, 4) is 11.6 Å². The molecule has 0 aliphatic heterocycles. The van der Waals surface area contributed by atoms with Gasteiger partial charge in [-0.1, -0.05) is 12.1 Å². The van der Waals surface area contributed by atoms with E-state index in [0.717, 1.165) is 0 Å². The number of carbonyl (C=O) groups excluding carboxylic acids is 1. The van der Waals surface area contributed by atoms with E-state index in [9.17, 15) is 4.79 Å². The minimum atomic E-state index is -0.522. The van der Waals surface area contributed by atoms with Gasteiger partial charge < -0.3 is 16.2 Å². The van der Waals surface area contributed by atoms with E-state index in [-0.39, 0.29) is 0 Å². The van der Waals surface area contributed by atoms with Crippen LogP contribution in [0.4, 0.5) is 5.69 Å².